The van der Waals surface area contributed by atoms with Crippen LogP contribution in [0.25, 0.3) is 0 Å². The van der Waals surface area contributed by atoms with E-state index in [0.717, 1.165) is 11.3 Å². The molecule has 0 unspecified atom stereocenters. The quantitative estimate of drug-likeness (QED) is 0.331. The summed E-state index contributed by atoms with van der Waals surface area (Å²) in [6.07, 6.45) is 1.47. The molecule has 3 rings (SSSR count). The molecule has 0 saturated heterocycles. The molecule has 0 bridgehead atoms. The van der Waals surface area contributed by atoms with Crippen LogP contribution in [-0.2, 0) is 12.0 Å². The molecule has 1 amide bonds. The van der Waals surface area contributed by atoms with Crippen molar-refractivity contribution in [3.05, 3.63) is 79.7 Å². The molecular weight excluding hydrogens is 531 g/mol. The van der Waals surface area contributed by atoms with Crippen LogP contribution in [0.2, 0.25) is 0 Å². The largest absolute Gasteiger partial charge is 0.506 e. The number of aromatic nitrogens is 2. The minimum Gasteiger partial charge on any atom is -0.506 e. The molecule has 0 aliphatic heterocycles. The van der Waals surface area contributed by atoms with E-state index in [1.807, 2.05) is 20.8 Å². The van der Waals surface area contributed by atoms with E-state index in [4.69, 9.17) is 0 Å². The zero-order valence-corrected chi connectivity index (χ0v) is 20.3. The SMILES string of the molecule is CC(C)(C)c1cc(C(=O)N/N=C/c2cc(Br)c(O)c(Br)c2)n(Cc2ccc(F)cc2)n1. The van der Waals surface area contributed by atoms with Crippen molar-refractivity contribution in [2.45, 2.75) is 32.7 Å². The van der Waals surface area contributed by atoms with Crippen LogP contribution in [0.15, 0.2) is 56.5 Å². The van der Waals surface area contributed by atoms with Crippen LogP contribution < -0.4 is 5.43 Å². The first kappa shape index (κ1) is 23.1. The summed E-state index contributed by atoms with van der Waals surface area (Å²) in [5, 5.41) is 18.4. The highest BCUT2D eigenvalue weighted by molar-refractivity contribution is 9.11. The summed E-state index contributed by atoms with van der Waals surface area (Å²) >= 11 is 6.51. The van der Waals surface area contributed by atoms with Crippen molar-refractivity contribution >= 4 is 44.0 Å². The highest BCUT2D eigenvalue weighted by Gasteiger charge is 2.23. The molecule has 0 aliphatic carbocycles. The Morgan fingerprint density at radius 2 is 1.81 bits per heavy atom. The van der Waals surface area contributed by atoms with Crippen molar-refractivity contribution < 1.29 is 14.3 Å². The number of benzene rings is 2. The van der Waals surface area contributed by atoms with Gasteiger partial charge in [-0.15, -0.1) is 0 Å². The maximum Gasteiger partial charge on any atom is 0.289 e. The summed E-state index contributed by atoms with van der Waals surface area (Å²) in [4.78, 5) is 12.8. The monoisotopic (exact) mass is 550 g/mol. The highest BCUT2D eigenvalue weighted by Crippen LogP contribution is 2.32. The molecule has 0 atom stereocenters. The van der Waals surface area contributed by atoms with Crippen molar-refractivity contribution in [2.75, 3.05) is 0 Å². The van der Waals surface area contributed by atoms with E-state index < -0.39 is 5.91 Å². The Labute approximate surface area is 196 Å². The molecule has 31 heavy (non-hydrogen) atoms. The Morgan fingerprint density at radius 1 is 1.19 bits per heavy atom. The van der Waals surface area contributed by atoms with Gasteiger partial charge in [-0.2, -0.15) is 10.2 Å². The van der Waals surface area contributed by atoms with Crippen LogP contribution in [0.3, 0.4) is 0 Å². The molecule has 0 fully saturated rings. The van der Waals surface area contributed by atoms with Crippen LogP contribution in [0, 0.1) is 5.82 Å². The molecule has 0 spiro atoms. The number of halogens is 3. The number of phenols is 1. The first-order valence-corrected chi connectivity index (χ1v) is 11.0. The minimum absolute atomic E-state index is 0.0839. The average Bonchev–Trinajstić information content (AvgIpc) is 3.12. The Hall–Kier alpha value is -2.52. The zero-order valence-electron chi connectivity index (χ0n) is 17.2. The van der Waals surface area contributed by atoms with Gasteiger partial charge in [-0.1, -0.05) is 32.9 Å². The van der Waals surface area contributed by atoms with Gasteiger partial charge < -0.3 is 5.11 Å². The van der Waals surface area contributed by atoms with Crippen molar-refractivity contribution in [1.82, 2.24) is 15.2 Å². The minimum atomic E-state index is -0.418. The van der Waals surface area contributed by atoms with Gasteiger partial charge in [0.25, 0.3) is 5.91 Å². The van der Waals surface area contributed by atoms with Gasteiger partial charge in [0.2, 0.25) is 0 Å². The lowest BCUT2D eigenvalue weighted by atomic mass is 9.92. The van der Waals surface area contributed by atoms with E-state index in [1.165, 1.54) is 18.3 Å². The highest BCUT2D eigenvalue weighted by atomic mass is 79.9. The molecule has 6 nitrogen and oxygen atoms in total. The van der Waals surface area contributed by atoms with Crippen molar-refractivity contribution in [1.29, 1.82) is 0 Å². The Kier molecular flexibility index (Phi) is 6.96. The smallest absolute Gasteiger partial charge is 0.289 e. The predicted octanol–water partition coefficient (Wildman–Crippen LogP) is 5.36. The number of aromatic hydroxyl groups is 1. The zero-order chi connectivity index (χ0) is 22.8. The third kappa shape index (κ3) is 5.80. The van der Waals surface area contributed by atoms with Crippen LogP contribution in [0.5, 0.6) is 5.75 Å². The van der Waals surface area contributed by atoms with E-state index in [2.05, 4.69) is 47.5 Å². The number of carbonyl (C=O) groups excluding carboxylic acids is 1. The Morgan fingerprint density at radius 3 is 2.39 bits per heavy atom. The molecule has 9 heteroatoms. The van der Waals surface area contributed by atoms with E-state index in [0.29, 0.717) is 26.7 Å². The lowest BCUT2D eigenvalue weighted by molar-refractivity contribution is 0.0945. The maximum atomic E-state index is 13.2. The van der Waals surface area contributed by atoms with E-state index in [9.17, 15) is 14.3 Å². The summed E-state index contributed by atoms with van der Waals surface area (Å²) in [7, 11) is 0. The van der Waals surface area contributed by atoms with Gasteiger partial charge in [-0.3, -0.25) is 9.48 Å². The second-order valence-corrected chi connectivity index (χ2v) is 9.69. The summed E-state index contributed by atoms with van der Waals surface area (Å²) in [5.41, 5.74) is 4.86. The Bertz CT molecular complexity index is 1110. The second-order valence-electron chi connectivity index (χ2n) is 7.98. The van der Waals surface area contributed by atoms with Gasteiger partial charge in [0, 0.05) is 5.41 Å². The first-order valence-electron chi connectivity index (χ1n) is 9.39. The molecule has 0 aliphatic rings. The van der Waals surface area contributed by atoms with Crippen LogP contribution in [0.1, 0.15) is 48.1 Å². The van der Waals surface area contributed by atoms with Gasteiger partial charge >= 0.3 is 0 Å². The lowest BCUT2D eigenvalue weighted by Crippen LogP contribution is -2.22. The normalized spacial score (nSPS) is 11.8. The van der Waals surface area contributed by atoms with Crippen molar-refractivity contribution in [3.63, 3.8) is 0 Å². The number of nitrogens with zero attached hydrogens (tertiary/aromatic N) is 3. The van der Waals surface area contributed by atoms with Gasteiger partial charge in [-0.25, -0.2) is 9.82 Å². The Balaban J connectivity index is 1.83. The molecule has 0 saturated carbocycles. The lowest BCUT2D eigenvalue weighted by Gasteiger charge is -2.14. The number of rotatable bonds is 5. The summed E-state index contributed by atoms with van der Waals surface area (Å²) in [6.45, 7) is 6.36. The molecule has 1 heterocycles. The second kappa shape index (κ2) is 9.32. The van der Waals surface area contributed by atoms with Gasteiger partial charge in [0.05, 0.1) is 27.4 Å². The predicted molar refractivity (Wildman–Crippen MR) is 125 cm³/mol. The van der Waals surface area contributed by atoms with E-state index in [-0.39, 0.29) is 17.0 Å². The number of nitrogens with one attached hydrogen (secondary N) is 1. The molecule has 2 aromatic carbocycles. The third-order valence-electron chi connectivity index (χ3n) is 4.45. The fraction of sp³-hybridized carbons (Fsp3) is 0.227. The molecule has 162 valence electrons. The molecule has 0 radical (unpaired) electrons. The van der Waals surface area contributed by atoms with E-state index in [1.54, 1.807) is 35.0 Å². The van der Waals surface area contributed by atoms with Gasteiger partial charge in [0.15, 0.2) is 0 Å². The number of amides is 1. The summed E-state index contributed by atoms with van der Waals surface area (Å²) in [5.74, 6) is -0.654. The molecule has 2 N–H and O–H groups in total. The number of hydrazone groups is 1. The van der Waals surface area contributed by atoms with Crippen molar-refractivity contribution in [2.24, 2.45) is 5.10 Å². The van der Waals surface area contributed by atoms with E-state index >= 15 is 0 Å². The number of hydrogen-bond donors (Lipinski definition) is 2. The molecule has 3 aromatic rings. The third-order valence-corrected chi connectivity index (χ3v) is 5.65. The van der Waals surface area contributed by atoms with Crippen molar-refractivity contribution in [3.8, 4) is 5.75 Å². The van der Waals surface area contributed by atoms with Crippen LogP contribution in [0.4, 0.5) is 4.39 Å². The molecule has 1 aromatic heterocycles. The fourth-order valence-electron chi connectivity index (χ4n) is 2.73. The fourth-order valence-corrected chi connectivity index (χ4v) is 3.95. The summed E-state index contributed by atoms with van der Waals surface area (Å²) < 4.78 is 15.8. The topological polar surface area (TPSA) is 79.5 Å². The molecular formula is C22H21Br2FN4O2. The first-order chi connectivity index (χ1) is 14.5. The number of hydrogen-bond acceptors (Lipinski definition) is 4. The van der Waals surface area contributed by atoms with Crippen LogP contribution in [-0.4, -0.2) is 27.0 Å². The maximum absolute atomic E-state index is 13.2. The van der Waals surface area contributed by atoms with Gasteiger partial charge in [0.1, 0.15) is 17.3 Å². The summed E-state index contributed by atoms with van der Waals surface area (Å²) in [6, 6.07) is 11.2. The average molecular weight is 552 g/mol. The number of carbonyl (C=O) groups is 1. The standard InChI is InChI=1S/C22H21Br2FN4O2/c1-22(2,3)19-10-18(29(28-19)12-13-4-6-15(25)7-5-13)21(31)27-26-11-14-8-16(23)20(30)17(24)9-14/h4-11,30H,12H2,1-3H3,(H,27,31)/b26-11+. The number of phenolic OH excluding ortho intramolecular Hbond substituents is 1. The van der Waals surface area contributed by atoms with Crippen LogP contribution >= 0.6 is 31.9 Å². The van der Waals surface area contributed by atoms with Gasteiger partial charge in [-0.05, 0) is 73.3 Å².